The summed E-state index contributed by atoms with van der Waals surface area (Å²) in [6, 6.07) is 0. The topological polar surface area (TPSA) is 26.0 Å². The molecular weight excluding hydrogens is 174 g/mol. The van der Waals surface area contributed by atoms with Crippen LogP contribution < -0.4 is 5.73 Å². The molecule has 72 valence electrons. The minimum Gasteiger partial charge on any atom is -0.330 e. The van der Waals surface area contributed by atoms with E-state index in [1.807, 2.05) is 0 Å². The Kier molecular flexibility index (Phi) is 2.33. The summed E-state index contributed by atoms with van der Waals surface area (Å²) in [7, 11) is 0. The van der Waals surface area contributed by atoms with Crippen LogP contribution in [0.5, 0.6) is 0 Å². The Labute approximate surface area is 67.9 Å². The van der Waals surface area contributed by atoms with Gasteiger partial charge in [-0.15, -0.1) is 0 Å². The highest BCUT2D eigenvalue weighted by molar-refractivity contribution is 4.98. The molecule has 0 aliphatic heterocycles. The molecule has 1 rings (SSSR count). The van der Waals surface area contributed by atoms with E-state index in [1.165, 1.54) is 0 Å². The molecule has 1 aliphatic carbocycles. The van der Waals surface area contributed by atoms with E-state index in [0.717, 1.165) is 0 Å². The van der Waals surface area contributed by atoms with Gasteiger partial charge in [-0.2, -0.15) is 13.2 Å². The molecule has 0 spiro atoms. The van der Waals surface area contributed by atoms with Gasteiger partial charge in [0.25, 0.3) is 0 Å². The maximum absolute atomic E-state index is 13.3. The lowest BCUT2D eigenvalue weighted by molar-refractivity contribution is -0.240. The first-order valence-electron chi connectivity index (χ1n) is 3.87. The van der Waals surface area contributed by atoms with E-state index in [4.69, 9.17) is 5.73 Å². The van der Waals surface area contributed by atoms with Gasteiger partial charge in [0.1, 0.15) is 0 Å². The molecule has 0 bridgehead atoms. The van der Waals surface area contributed by atoms with Crippen molar-refractivity contribution in [3.05, 3.63) is 0 Å². The molecule has 1 nitrogen and oxygen atoms in total. The number of nitrogens with two attached hydrogens (primary N) is 1. The fourth-order valence-electron chi connectivity index (χ4n) is 1.72. The average Bonchev–Trinajstić information content (AvgIpc) is 2.30. The fourth-order valence-corrected chi connectivity index (χ4v) is 1.72. The summed E-state index contributed by atoms with van der Waals surface area (Å²) in [5.41, 5.74) is 2.04. The van der Waals surface area contributed by atoms with Crippen molar-refractivity contribution in [2.24, 2.45) is 11.7 Å². The molecule has 1 saturated carbocycles. The largest absolute Gasteiger partial charge is 0.422 e. The summed E-state index contributed by atoms with van der Waals surface area (Å²) < 4.78 is 49.7. The van der Waals surface area contributed by atoms with Gasteiger partial charge in [-0.05, 0) is 25.8 Å². The SMILES string of the molecule is NCC1CCCC1(F)C(F)(F)F. The molecule has 5 heteroatoms. The Morgan fingerprint density at radius 2 is 2.00 bits per heavy atom. The first-order valence-corrected chi connectivity index (χ1v) is 3.87. The Bertz CT molecular complexity index is 167. The highest BCUT2D eigenvalue weighted by Crippen LogP contribution is 2.49. The van der Waals surface area contributed by atoms with Gasteiger partial charge in [-0.1, -0.05) is 0 Å². The predicted molar refractivity (Wildman–Crippen MR) is 36.3 cm³/mol. The summed E-state index contributed by atoms with van der Waals surface area (Å²) >= 11 is 0. The highest BCUT2D eigenvalue weighted by Gasteiger charge is 2.61. The number of hydrogen-bond acceptors (Lipinski definition) is 1. The van der Waals surface area contributed by atoms with Gasteiger partial charge in [0.15, 0.2) is 0 Å². The molecule has 1 aliphatic rings. The van der Waals surface area contributed by atoms with Gasteiger partial charge >= 0.3 is 6.18 Å². The minimum absolute atomic E-state index is 0.226. The van der Waals surface area contributed by atoms with Crippen LogP contribution in [0.2, 0.25) is 0 Å². The van der Waals surface area contributed by atoms with Crippen LogP contribution in [-0.4, -0.2) is 18.4 Å². The number of alkyl halides is 4. The van der Waals surface area contributed by atoms with Crippen molar-refractivity contribution in [2.75, 3.05) is 6.54 Å². The van der Waals surface area contributed by atoms with Gasteiger partial charge < -0.3 is 5.73 Å². The molecule has 2 N–H and O–H groups in total. The first-order chi connectivity index (χ1) is 5.42. The third-order valence-corrected chi connectivity index (χ3v) is 2.50. The second-order valence-electron chi connectivity index (χ2n) is 3.19. The first kappa shape index (κ1) is 9.77. The van der Waals surface area contributed by atoms with E-state index in [-0.39, 0.29) is 19.4 Å². The minimum atomic E-state index is -4.76. The van der Waals surface area contributed by atoms with Crippen LogP contribution in [0.3, 0.4) is 0 Å². The van der Waals surface area contributed by atoms with Crippen LogP contribution in [0.15, 0.2) is 0 Å². The maximum Gasteiger partial charge on any atom is 0.422 e. The third kappa shape index (κ3) is 1.30. The van der Waals surface area contributed by atoms with Gasteiger partial charge in [0.2, 0.25) is 5.67 Å². The molecule has 0 saturated heterocycles. The summed E-state index contributed by atoms with van der Waals surface area (Å²) in [6.45, 7) is -0.226. The van der Waals surface area contributed by atoms with Crippen LogP contribution >= 0.6 is 0 Å². The Morgan fingerprint density at radius 1 is 1.42 bits per heavy atom. The van der Waals surface area contributed by atoms with Crippen LogP contribution in [0.1, 0.15) is 19.3 Å². The molecule has 2 unspecified atom stereocenters. The molecule has 1 fully saturated rings. The standard InChI is InChI=1S/C7H11F4N/c8-6(7(9,10)11)3-1-2-5(6)4-12/h5H,1-4,12H2. The Hall–Kier alpha value is -0.320. The van der Waals surface area contributed by atoms with Crippen LogP contribution in [-0.2, 0) is 0 Å². The molecule has 2 atom stereocenters. The van der Waals surface area contributed by atoms with E-state index in [2.05, 4.69) is 0 Å². The average molecular weight is 185 g/mol. The smallest absolute Gasteiger partial charge is 0.330 e. The van der Waals surface area contributed by atoms with E-state index < -0.39 is 24.2 Å². The van der Waals surface area contributed by atoms with Gasteiger partial charge in [-0.3, -0.25) is 0 Å². The van der Waals surface area contributed by atoms with Crippen LogP contribution in [0, 0.1) is 5.92 Å². The van der Waals surface area contributed by atoms with Crippen molar-refractivity contribution < 1.29 is 17.6 Å². The van der Waals surface area contributed by atoms with Gasteiger partial charge in [0.05, 0.1) is 0 Å². The van der Waals surface area contributed by atoms with E-state index >= 15 is 0 Å². The zero-order valence-corrected chi connectivity index (χ0v) is 6.49. The molecule has 0 heterocycles. The molecule has 0 aromatic carbocycles. The van der Waals surface area contributed by atoms with Crippen molar-refractivity contribution in [2.45, 2.75) is 31.1 Å². The van der Waals surface area contributed by atoms with E-state index in [0.29, 0.717) is 0 Å². The van der Waals surface area contributed by atoms with Crippen LogP contribution in [0.25, 0.3) is 0 Å². The Morgan fingerprint density at radius 3 is 2.33 bits per heavy atom. The number of halogens is 4. The van der Waals surface area contributed by atoms with Crippen molar-refractivity contribution >= 4 is 0 Å². The summed E-state index contributed by atoms with van der Waals surface area (Å²) in [5.74, 6) is -1.04. The zero-order valence-electron chi connectivity index (χ0n) is 6.49. The summed E-state index contributed by atoms with van der Waals surface area (Å²) in [4.78, 5) is 0. The van der Waals surface area contributed by atoms with E-state index in [1.54, 1.807) is 0 Å². The second-order valence-corrected chi connectivity index (χ2v) is 3.19. The van der Waals surface area contributed by atoms with E-state index in [9.17, 15) is 17.6 Å². The van der Waals surface area contributed by atoms with Crippen molar-refractivity contribution in [1.82, 2.24) is 0 Å². The molecule has 0 radical (unpaired) electrons. The quantitative estimate of drug-likeness (QED) is 0.621. The number of rotatable bonds is 1. The zero-order chi connectivity index (χ0) is 9.41. The molecular formula is C7H11F4N. The lowest BCUT2D eigenvalue weighted by atomic mass is 9.92. The van der Waals surface area contributed by atoms with Gasteiger partial charge in [0, 0.05) is 5.92 Å². The lowest BCUT2D eigenvalue weighted by Gasteiger charge is -2.28. The summed E-state index contributed by atoms with van der Waals surface area (Å²) in [5, 5.41) is 0. The molecule has 0 aromatic rings. The monoisotopic (exact) mass is 185 g/mol. The van der Waals surface area contributed by atoms with Crippen molar-refractivity contribution in [3.63, 3.8) is 0 Å². The predicted octanol–water partition coefficient (Wildman–Crippen LogP) is 2.02. The van der Waals surface area contributed by atoms with Crippen LogP contribution in [0.4, 0.5) is 17.6 Å². The Balaban J connectivity index is 2.82. The summed E-state index contributed by atoms with van der Waals surface area (Å²) in [6.07, 6.45) is -4.67. The number of hydrogen-bond donors (Lipinski definition) is 1. The van der Waals surface area contributed by atoms with Crippen molar-refractivity contribution in [1.29, 1.82) is 0 Å². The second kappa shape index (κ2) is 2.87. The van der Waals surface area contributed by atoms with Crippen molar-refractivity contribution in [3.8, 4) is 0 Å². The normalized spacial score (nSPS) is 37.2. The molecule has 0 amide bonds. The maximum atomic E-state index is 13.3. The lowest BCUT2D eigenvalue weighted by Crippen LogP contribution is -2.46. The highest BCUT2D eigenvalue weighted by atomic mass is 19.4. The van der Waals surface area contributed by atoms with Gasteiger partial charge in [-0.25, -0.2) is 4.39 Å². The molecule has 0 aromatic heterocycles. The third-order valence-electron chi connectivity index (χ3n) is 2.50. The fraction of sp³-hybridized carbons (Fsp3) is 1.00. The molecule has 12 heavy (non-hydrogen) atoms.